The number of anilines is 2. The zero-order valence-electron chi connectivity index (χ0n) is 24.6. The van der Waals surface area contributed by atoms with Gasteiger partial charge in [-0.3, -0.25) is 4.79 Å². The van der Waals surface area contributed by atoms with E-state index in [2.05, 4.69) is 0 Å². The molecule has 0 amide bonds. The van der Waals surface area contributed by atoms with Crippen molar-refractivity contribution in [1.29, 1.82) is 0 Å². The second-order valence-electron chi connectivity index (χ2n) is 10.4. The van der Waals surface area contributed by atoms with Crippen molar-refractivity contribution in [2.75, 3.05) is 64.4 Å². The number of ketones is 1. The Labute approximate surface area is 235 Å². The number of halogens is 1. The summed E-state index contributed by atoms with van der Waals surface area (Å²) in [6.45, 7) is 11.4. The number of hydrogen-bond donors (Lipinski definition) is 2. The summed E-state index contributed by atoms with van der Waals surface area (Å²) in [5, 5.41) is 10.4. The monoisotopic (exact) mass is 559 g/mol. The van der Waals surface area contributed by atoms with Crippen LogP contribution in [0.5, 0.6) is 17.2 Å². The lowest BCUT2D eigenvalue weighted by atomic mass is 9.84. The first kappa shape index (κ1) is 31.0. The third-order valence-corrected chi connectivity index (χ3v) is 6.66. The van der Waals surface area contributed by atoms with Gasteiger partial charge in [-0.25, -0.2) is 4.39 Å². The number of fused-ring (bicyclic) bond motifs is 1. The molecule has 0 aliphatic carbocycles. The number of aromatic nitrogens is 1. The van der Waals surface area contributed by atoms with Crippen LogP contribution in [0.3, 0.4) is 0 Å². The second kappa shape index (κ2) is 13.2. The van der Waals surface area contributed by atoms with E-state index >= 15 is 4.39 Å². The van der Waals surface area contributed by atoms with Gasteiger partial charge in [0.15, 0.2) is 23.1 Å². The summed E-state index contributed by atoms with van der Waals surface area (Å²) in [7, 11) is 3.20. The van der Waals surface area contributed by atoms with Crippen molar-refractivity contribution in [2.45, 2.75) is 46.6 Å². The number of Topliss-reactive ketones (excluding diaryl/α,β-unsaturated/α-hetero) is 1. The first-order valence-electron chi connectivity index (χ1n) is 13.5. The van der Waals surface area contributed by atoms with Crippen LogP contribution < -0.4 is 24.8 Å². The van der Waals surface area contributed by atoms with Crippen molar-refractivity contribution in [2.24, 2.45) is 0 Å². The molecule has 3 N–H and O–H groups in total. The van der Waals surface area contributed by atoms with Crippen LogP contribution in [0.1, 0.15) is 50.5 Å². The van der Waals surface area contributed by atoms with Gasteiger partial charge >= 0.3 is 0 Å². The van der Waals surface area contributed by atoms with Gasteiger partial charge in [0.1, 0.15) is 11.6 Å². The number of nitrogens with two attached hydrogens (primary N) is 1. The molecule has 1 aromatic heterocycles. The number of hydrogen-bond acceptors (Lipinski definition) is 8. The zero-order valence-corrected chi connectivity index (χ0v) is 24.6. The summed E-state index contributed by atoms with van der Waals surface area (Å²) >= 11 is 0. The highest BCUT2D eigenvalue weighted by atomic mass is 19.1. The molecular formula is C30H42FN3O6. The largest absolute Gasteiger partial charge is 0.494 e. The summed E-state index contributed by atoms with van der Waals surface area (Å²) in [5.41, 5.74) is 8.00. The van der Waals surface area contributed by atoms with E-state index in [0.29, 0.717) is 48.7 Å². The minimum absolute atomic E-state index is 0.00211. The SMILES string of the molecule is CCOc1cc2cn(CC(=O)c3cc(N(CCO)CCOC)c(OC)c(C(C)(C)C)c3)c(N)c2c(F)c1OCC. The second-order valence-corrected chi connectivity index (χ2v) is 10.4. The van der Waals surface area contributed by atoms with Crippen LogP contribution in [0.25, 0.3) is 10.8 Å². The molecule has 1 heterocycles. The average Bonchev–Trinajstić information content (AvgIpc) is 3.22. The molecule has 3 aromatic rings. The van der Waals surface area contributed by atoms with Crippen molar-refractivity contribution in [1.82, 2.24) is 4.57 Å². The fraction of sp³-hybridized carbons (Fsp3) is 0.500. The van der Waals surface area contributed by atoms with Gasteiger partial charge in [-0.2, -0.15) is 0 Å². The molecule has 0 atom stereocenters. The molecule has 0 saturated heterocycles. The molecule has 0 fully saturated rings. The Hall–Kier alpha value is -3.50. The molecule has 0 spiro atoms. The zero-order chi connectivity index (χ0) is 29.6. The molecule has 0 aliphatic heterocycles. The van der Waals surface area contributed by atoms with E-state index in [1.807, 2.05) is 38.7 Å². The number of nitrogens with zero attached hydrogens (tertiary/aromatic N) is 2. The maximum absolute atomic E-state index is 15.5. The minimum Gasteiger partial charge on any atom is -0.494 e. The Morgan fingerprint density at radius 3 is 2.35 bits per heavy atom. The number of ether oxygens (including phenoxy) is 4. The van der Waals surface area contributed by atoms with Gasteiger partial charge in [0.25, 0.3) is 0 Å². The van der Waals surface area contributed by atoms with E-state index in [9.17, 15) is 9.90 Å². The first-order valence-corrected chi connectivity index (χ1v) is 13.5. The van der Waals surface area contributed by atoms with Gasteiger partial charge in [-0.1, -0.05) is 20.8 Å². The fourth-order valence-electron chi connectivity index (χ4n) is 4.74. The van der Waals surface area contributed by atoms with Crippen LogP contribution in [0, 0.1) is 5.82 Å². The summed E-state index contributed by atoms with van der Waals surface area (Å²) < 4.78 is 39.3. The number of benzene rings is 2. The lowest BCUT2D eigenvalue weighted by molar-refractivity contribution is 0.0973. The molecule has 0 saturated carbocycles. The number of aliphatic hydroxyl groups excluding tert-OH is 1. The molecule has 2 aromatic carbocycles. The molecule has 220 valence electrons. The van der Waals surface area contributed by atoms with Crippen molar-refractivity contribution in [3.05, 3.63) is 41.3 Å². The Morgan fingerprint density at radius 1 is 1.07 bits per heavy atom. The molecule has 0 bridgehead atoms. The number of rotatable bonds is 14. The van der Waals surface area contributed by atoms with E-state index in [4.69, 9.17) is 24.7 Å². The highest BCUT2D eigenvalue weighted by molar-refractivity contribution is 6.00. The van der Waals surface area contributed by atoms with Gasteiger partial charge in [0.05, 0.1) is 51.2 Å². The summed E-state index contributed by atoms with van der Waals surface area (Å²) in [4.78, 5) is 15.7. The third kappa shape index (κ3) is 6.45. The number of nitrogen functional groups attached to an aromatic ring is 1. The van der Waals surface area contributed by atoms with E-state index in [0.717, 1.165) is 5.56 Å². The highest BCUT2D eigenvalue weighted by Gasteiger charge is 2.27. The summed E-state index contributed by atoms with van der Waals surface area (Å²) in [6, 6.07) is 5.27. The van der Waals surface area contributed by atoms with E-state index in [1.54, 1.807) is 44.0 Å². The number of carbonyl (C=O) groups is 1. The molecule has 10 heteroatoms. The molecule has 40 heavy (non-hydrogen) atoms. The normalized spacial score (nSPS) is 11.6. The van der Waals surface area contributed by atoms with Crippen LogP contribution in [0.4, 0.5) is 15.9 Å². The van der Waals surface area contributed by atoms with E-state index < -0.39 is 5.82 Å². The van der Waals surface area contributed by atoms with Crippen molar-refractivity contribution in [3.8, 4) is 17.2 Å². The van der Waals surface area contributed by atoms with Crippen LogP contribution in [0.15, 0.2) is 24.4 Å². The maximum atomic E-state index is 15.5. The smallest absolute Gasteiger partial charge is 0.197 e. The van der Waals surface area contributed by atoms with Gasteiger partial charge in [-0.15, -0.1) is 0 Å². The third-order valence-electron chi connectivity index (χ3n) is 6.66. The van der Waals surface area contributed by atoms with Crippen LogP contribution in [-0.4, -0.2) is 69.2 Å². The Balaban J connectivity index is 2.11. The standard InChI is InChI=1S/C30H42FN3O6/c1-8-39-24-16-20-17-34(29(32)25(20)26(31)28(24)40-9-2)18-23(36)19-14-21(30(3,4)5)27(38-7)22(15-19)33(10-12-35)11-13-37-6/h14-17,35H,8-13,18,32H2,1-7H3. The van der Waals surface area contributed by atoms with E-state index in [1.165, 1.54) is 0 Å². The molecule has 3 rings (SSSR count). The van der Waals surface area contributed by atoms with Crippen molar-refractivity contribution >= 4 is 28.1 Å². The molecular weight excluding hydrogens is 517 g/mol. The minimum atomic E-state index is -0.619. The number of aliphatic hydroxyl groups is 1. The fourth-order valence-corrected chi connectivity index (χ4v) is 4.74. The van der Waals surface area contributed by atoms with Crippen LogP contribution in [0.2, 0.25) is 0 Å². The Bertz CT molecular complexity index is 1330. The summed E-state index contributed by atoms with van der Waals surface area (Å²) in [5.74, 6) is 0.207. The summed E-state index contributed by atoms with van der Waals surface area (Å²) in [6.07, 6.45) is 1.65. The first-order chi connectivity index (χ1) is 19.0. The lowest BCUT2D eigenvalue weighted by Crippen LogP contribution is -2.31. The average molecular weight is 560 g/mol. The Morgan fingerprint density at radius 2 is 1.77 bits per heavy atom. The van der Waals surface area contributed by atoms with Gasteiger partial charge in [-0.05, 0) is 37.5 Å². The van der Waals surface area contributed by atoms with Gasteiger partial charge in [0.2, 0.25) is 0 Å². The predicted octanol–water partition coefficient (Wildman–Crippen LogP) is 4.79. The van der Waals surface area contributed by atoms with Crippen LogP contribution >= 0.6 is 0 Å². The molecule has 0 aliphatic rings. The Kier molecular flexibility index (Phi) is 10.3. The maximum Gasteiger partial charge on any atom is 0.197 e. The van der Waals surface area contributed by atoms with E-state index in [-0.39, 0.29) is 53.7 Å². The van der Waals surface area contributed by atoms with Crippen LogP contribution in [-0.2, 0) is 16.7 Å². The van der Waals surface area contributed by atoms with Gasteiger partial charge in [0, 0.05) is 42.9 Å². The lowest BCUT2D eigenvalue weighted by Gasteiger charge is -2.30. The number of methoxy groups -OCH3 is 2. The predicted molar refractivity (Wildman–Crippen MR) is 156 cm³/mol. The van der Waals surface area contributed by atoms with Gasteiger partial charge < -0.3 is 39.3 Å². The van der Waals surface area contributed by atoms with Crippen molar-refractivity contribution in [3.63, 3.8) is 0 Å². The molecule has 9 nitrogen and oxygen atoms in total. The topological polar surface area (TPSA) is 108 Å². The quantitative estimate of drug-likeness (QED) is 0.271. The van der Waals surface area contributed by atoms with Crippen molar-refractivity contribution < 1.29 is 33.2 Å². The number of carbonyl (C=O) groups excluding carboxylic acids is 1. The highest BCUT2D eigenvalue weighted by Crippen LogP contribution is 2.42. The molecule has 0 unspecified atom stereocenters. The molecule has 0 radical (unpaired) electrons.